The number of nitrogens with zero attached hydrogens (tertiary/aromatic N) is 2. The minimum Gasteiger partial charge on any atom is -0.311 e. The Kier molecular flexibility index (Phi) is 3.92. The average Bonchev–Trinajstić information content (AvgIpc) is 2.64. The molecular weight excluding hydrogens is 356 g/mol. The van der Waals surface area contributed by atoms with Crippen LogP contribution in [0.15, 0.2) is 21.3 Å². The average molecular weight is 366 g/mol. The number of hydrogen-bond acceptors (Lipinski definition) is 3. The largest absolute Gasteiger partial charge is 0.311 e. The number of halogens is 2. The topological polar surface area (TPSA) is 33.2 Å². The Morgan fingerprint density at radius 1 is 1.56 bits per heavy atom. The summed E-state index contributed by atoms with van der Waals surface area (Å²) in [5, 5.41) is 0. The molecular formula is C10H10Br2N2OS. The molecule has 1 aliphatic rings. The van der Waals surface area contributed by atoms with E-state index in [9.17, 15) is 4.79 Å². The second kappa shape index (κ2) is 5.06. The van der Waals surface area contributed by atoms with Crippen molar-refractivity contribution in [2.45, 2.75) is 6.42 Å². The van der Waals surface area contributed by atoms with Gasteiger partial charge in [-0.1, -0.05) is 0 Å². The maximum absolute atomic E-state index is 11.8. The predicted molar refractivity (Wildman–Crippen MR) is 74.0 cm³/mol. The van der Waals surface area contributed by atoms with Crippen LogP contribution in [0.4, 0.5) is 5.69 Å². The van der Waals surface area contributed by atoms with Gasteiger partial charge in [-0.15, -0.1) is 0 Å². The Hall–Kier alpha value is -0.0700. The third-order valence-electron chi connectivity index (χ3n) is 2.56. The van der Waals surface area contributed by atoms with Crippen LogP contribution in [0.25, 0.3) is 0 Å². The first-order valence-electron chi connectivity index (χ1n) is 4.84. The molecule has 0 bridgehead atoms. The van der Waals surface area contributed by atoms with E-state index in [2.05, 4.69) is 49.5 Å². The Bertz CT molecular complexity index is 427. The molecule has 1 amide bonds. The van der Waals surface area contributed by atoms with Gasteiger partial charge < -0.3 is 4.90 Å². The zero-order valence-electron chi connectivity index (χ0n) is 8.36. The Morgan fingerprint density at radius 3 is 2.88 bits per heavy atom. The third-order valence-corrected chi connectivity index (χ3v) is 4.84. The molecule has 86 valence electrons. The molecule has 0 aromatic carbocycles. The first-order chi connectivity index (χ1) is 7.61. The van der Waals surface area contributed by atoms with Crippen LogP contribution in [0.1, 0.15) is 6.42 Å². The fourth-order valence-electron chi connectivity index (χ4n) is 1.71. The van der Waals surface area contributed by atoms with E-state index in [1.54, 1.807) is 11.1 Å². The molecule has 1 aromatic heterocycles. The number of aromatic nitrogens is 1. The lowest BCUT2D eigenvalue weighted by Gasteiger charge is -2.16. The number of carbonyl (C=O) groups excluding carboxylic acids is 1. The zero-order valence-corrected chi connectivity index (χ0v) is 12.4. The van der Waals surface area contributed by atoms with Crippen LogP contribution >= 0.6 is 44.5 Å². The molecule has 16 heavy (non-hydrogen) atoms. The molecule has 0 aliphatic carbocycles. The van der Waals surface area contributed by atoms with E-state index in [1.165, 1.54) is 0 Å². The molecule has 2 heterocycles. The predicted octanol–water partition coefficient (Wildman–Crippen LogP) is 2.89. The van der Waals surface area contributed by atoms with Crippen molar-refractivity contribution in [1.82, 2.24) is 4.98 Å². The van der Waals surface area contributed by atoms with Gasteiger partial charge in [0.1, 0.15) is 4.60 Å². The van der Waals surface area contributed by atoms with Crippen molar-refractivity contribution in [3.05, 3.63) is 21.3 Å². The van der Waals surface area contributed by atoms with Gasteiger partial charge in [-0.2, -0.15) is 12.6 Å². The van der Waals surface area contributed by atoms with E-state index in [0.717, 1.165) is 27.1 Å². The summed E-state index contributed by atoms with van der Waals surface area (Å²) in [7, 11) is 0. The van der Waals surface area contributed by atoms with Crippen molar-refractivity contribution in [3.8, 4) is 0 Å². The number of amides is 1. The van der Waals surface area contributed by atoms with Crippen molar-refractivity contribution < 1.29 is 4.79 Å². The monoisotopic (exact) mass is 364 g/mol. The number of anilines is 1. The third kappa shape index (κ3) is 2.43. The van der Waals surface area contributed by atoms with Crippen molar-refractivity contribution in [2.24, 2.45) is 5.92 Å². The van der Waals surface area contributed by atoms with Crippen LogP contribution in [0.2, 0.25) is 0 Å². The highest BCUT2D eigenvalue weighted by Gasteiger charge is 2.29. The summed E-state index contributed by atoms with van der Waals surface area (Å²) in [4.78, 5) is 17.7. The maximum atomic E-state index is 11.8. The minimum atomic E-state index is 0.148. The molecule has 0 saturated carbocycles. The summed E-state index contributed by atoms with van der Waals surface area (Å²) < 4.78 is 1.60. The molecule has 1 aliphatic heterocycles. The highest BCUT2D eigenvalue weighted by Crippen LogP contribution is 2.29. The first-order valence-corrected chi connectivity index (χ1v) is 7.06. The Labute approximate surface area is 116 Å². The second-order valence-electron chi connectivity index (χ2n) is 3.72. The lowest BCUT2D eigenvalue weighted by atomic mass is 10.1. The van der Waals surface area contributed by atoms with Gasteiger partial charge in [-0.25, -0.2) is 4.98 Å². The minimum absolute atomic E-state index is 0.148. The number of rotatable bonds is 2. The van der Waals surface area contributed by atoms with Gasteiger partial charge in [0, 0.05) is 13.0 Å². The van der Waals surface area contributed by atoms with E-state index in [1.807, 2.05) is 6.07 Å². The lowest BCUT2D eigenvalue weighted by molar-refractivity contribution is -0.117. The molecule has 1 aromatic rings. The Morgan fingerprint density at radius 2 is 2.31 bits per heavy atom. The van der Waals surface area contributed by atoms with Gasteiger partial charge in [0.15, 0.2) is 0 Å². The van der Waals surface area contributed by atoms with Gasteiger partial charge in [0.25, 0.3) is 0 Å². The van der Waals surface area contributed by atoms with Gasteiger partial charge in [-0.3, -0.25) is 4.79 Å². The van der Waals surface area contributed by atoms with Crippen LogP contribution < -0.4 is 4.90 Å². The normalized spacial score (nSPS) is 20.6. The quantitative estimate of drug-likeness (QED) is 0.645. The van der Waals surface area contributed by atoms with E-state index < -0.39 is 0 Å². The summed E-state index contributed by atoms with van der Waals surface area (Å²) in [6.45, 7) is 0.734. The molecule has 1 fully saturated rings. The zero-order chi connectivity index (χ0) is 11.7. The summed E-state index contributed by atoms with van der Waals surface area (Å²) in [6.07, 6.45) is 2.28. The molecule has 6 heteroatoms. The van der Waals surface area contributed by atoms with Crippen LogP contribution in [-0.4, -0.2) is 23.2 Å². The Balaban J connectivity index is 2.24. The maximum Gasteiger partial charge on any atom is 0.227 e. The van der Waals surface area contributed by atoms with E-state index in [-0.39, 0.29) is 5.91 Å². The summed E-state index contributed by atoms with van der Waals surface area (Å²) in [5.41, 5.74) is 0.837. The van der Waals surface area contributed by atoms with Crippen LogP contribution in [0.3, 0.4) is 0 Å². The molecule has 0 N–H and O–H groups in total. The summed E-state index contributed by atoms with van der Waals surface area (Å²) >= 11 is 10.9. The van der Waals surface area contributed by atoms with Gasteiger partial charge in [0.05, 0.1) is 16.4 Å². The van der Waals surface area contributed by atoms with E-state index in [4.69, 9.17) is 0 Å². The molecule has 3 nitrogen and oxygen atoms in total. The molecule has 0 radical (unpaired) electrons. The smallest absolute Gasteiger partial charge is 0.227 e. The van der Waals surface area contributed by atoms with Gasteiger partial charge in [0.2, 0.25) is 5.91 Å². The van der Waals surface area contributed by atoms with Crippen molar-refractivity contribution in [3.63, 3.8) is 0 Å². The van der Waals surface area contributed by atoms with Crippen LogP contribution in [0.5, 0.6) is 0 Å². The first kappa shape index (κ1) is 12.4. The molecule has 1 unspecified atom stereocenters. The highest BCUT2D eigenvalue weighted by molar-refractivity contribution is 9.13. The molecule has 1 saturated heterocycles. The molecule has 0 spiro atoms. The number of carbonyl (C=O) groups is 1. The lowest BCUT2D eigenvalue weighted by Crippen LogP contribution is -2.24. The van der Waals surface area contributed by atoms with Gasteiger partial charge >= 0.3 is 0 Å². The van der Waals surface area contributed by atoms with Crippen molar-refractivity contribution >= 4 is 56.1 Å². The second-order valence-corrected chi connectivity index (χ2v) is 5.69. The highest BCUT2D eigenvalue weighted by atomic mass is 79.9. The van der Waals surface area contributed by atoms with Crippen molar-refractivity contribution in [1.29, 1.82) is 0 Å². The summed E-state index contributed by atoms with van der Waals surface area (Å²) in [5.74, 6) is 1.24. The fourth-order valence-corrected chi connectivity index (χ4v) is 2.51. The van der Waals surface area contributed by atoms with Crippen LogP contribution in [0, 0.1) is 5.92 Å². The number of pyridine rings is 1. The summed E-state index contributed by atoms with van der Waals surface area (Å²) in [6, 6.07) is 1.90. The number of hydrogen-bond donors (Lipinski definition) is 1. The fraction of sp³-hybridized carbons (Fsp3) is 0.400. The van der Waals surface area contributed by atoms with Crippen molar-refractivity contribution in [2.75, 3.05) is 17.2 Å². The van der Waals surface area contributed by atoms with E-state index in [0.29, 0.717) is 12.3 Å². The SMILES string of the molecule is O=C1CC(CS)CN1c1cnc(Br)c(Br)c1. The molecule has 2 rings (SSSR count). The standard InChI is InChI=1S/C10H10Br2N2OS/c11-8-2-7(3-13-10(8)12)14-4-6(5-16)1-9(14)15/h2-3,6,16H,1,4-5H2. The van der Waals surface area contributed by atoms with Crippen LogP contribution in [-0.2, 0) is 4.79 Å². The molecule has 1 atom stereocenters. The van der Waals surface area contributed by atoms with Gasteiger partial charge in [-0.05, 0) is 49.6 Å². The number of thiol groups is 1. The van der Waals surface area contributed by atoms with E-state index >= 15 is 0 Å².